The first-order chi connectivity index (χ1) is 11.6. The summed E-state index contributed by atoms with van der Waals surface area (Å²) >= 11 is 0. The predicted octanol–water partition coefficient (Wildman–Crippen LogP) is 3.88. The van der Waals surface area contributed by atoms with Gasteiger partial charge in [0, 0.05) is 6.54 Å². The fourth-order valence-corrected chi connectivity index (χ4v) is 4.29. The summed E-state index contributed by atoms with van der Waals surface area (Å²) in [6.07, 6.45) is 4.02. The molecule has 2 aromatic rings. The lowest BCUT2D eigenvalue weighted by molar-refractivity contribution is -0.115. The van der Waals surface area contributed by atoms with E-state index < -0.39 is 5.60 Å². The van der Waals surface area contributed by atoms with E-state index in [-0.39, 0.29) is 5.82 Å². The van der Waals surface area contributed by atoms with Gasteiger partial charge in [0.05, 0.1) is 5.60 Å². The molecule has 3 aliphatic heterocycles. The fourth-order valence-electron chi connectivity index (χ4n) is 4.29. The van der Waals surface area contributed by atoms with Crippen molar-refractivity contribution in [3.63, 3.8) is 0 Å². The van der Waals surface area contributed by atoms with Crippen LogP contribution in [0.15, 0.2) is 48.5 Å². The Morgan fingerprint density at radius 3 is 2.08 bits per heavy atom. The first-order valence-electron chi connectivity index (χ1n) is 8.92. The summed E-state index contributed by atoms with van der Waals surface area (Å²) in [5, 5.41) is 11.0. The van der Waals surface area contributed by atoms with Crippen LogP contribution < -0.4 is 0 Å². The van der Waals surface area contributed by atoms with Crippen molar-refractivity contribution in [2.45, 2.75) is 31.3 Å². The average molecular weight is 325 g/mol. The van der Waals surface area contributed by atoms with Gasteiger partial charge < -0.3 is 10.0 Å². The Morgan fingerprint density at radius 2 is 1.54 bits per heavy atom. The second kappa shape index (κ2) is 6.30. The summed E-state index contributed by atoms with van der Waals surface area (Å²) in [6.45, 7) is 3.14. The van der Waals surface area contributed by atoms with Crippen LogP contribution in [-0.2, 0) is 6.42 Å². The zero-order valence-electron chi connectivity index (χ0n) is 13.9. The van der Waals surface area contributed by atoms with E-state index >= 15 is 0 Å². The molecule has 0 aromatic heterocycles. The smallest absolute Gasteiger partial charge is 0.123 e. The summed E-state index contributed by atoms with van der Waals surface area (Å²) in [4.78, 5) is 2.40. The van der Waals surface area contributed by atoms with Crippen LogP contribution in [0.25, 0.3) is 11.1 Å². The molecule has 5 rings (SSSR count). The Morgan fingerprint density at radius 1 is 0.958 bits per heavy atom. The van der Waals surface area contributed by atoms with Gasteiger partial charge in [0.2, 0.25) is 0 Å². The normalized spacial score (nSPS) is 28.9. The number of rotatable bonds is 4. The number of fused-ring (bicyclic) bond motifs is 3. The molecule has 0 amide bonds. The minimum absolute atomic E-state index is 0.207. The first kappa shape index (κ1) is 15.8. The Labute approximate surface area is 142 Å². The van der Waals surface area contributed by atoms with E-state index in [1.165, 1.54) is 17.7 Å². The van der Waals surface area contributed by atoms with Crippen LogP contribution in [0.4, 0.5) is 4.39 Å². The lowest BCUT2D eigenvalue weighted by atomic mass is 9.73. The molecule has 3 saturated heterocycles. The van der Waals surface area contributed by atoms with Crippen LogP contribution >= 0.6 is 0 Å². The highest BCUT2D eigenvalue weighted by molar-refractivity contribution is 5.63. The fraction of sp³-hybridized carbons (Fsp3) is 0.429. The van der Waals surface area contributed by atoms with Gasteiger partial charge in [0.25, 0.3) is 0 Å². The van der Waals surface area contributed by atoms with E-state index in [2.05, 4.69) is 29.2 Å². The van der Waals surface area contributed by atoms with Crippen molar-refractivity contribution in [1.82, 2.24) is 4.90 Å². The molecule has 1 N–H and O–H groups in total. The molecule has 3 fully saturated rings. The van der Waals surface area contributed by atoms with Crippen molar-refractivity contribution in [3.05, 3.63) is 59.9 Å². The van der Waals surface area contributed by atoms with Gasteiger partial charge in [0.15, 0.2) is 0 Å². The molecule has 0 radical (unpaired) electrons. The predicted molar refractivity (Wildman–Crippen MR) is 94.3 cm³/mol. The molecule has 0 spiro atoms. The minimum Gasteiger partial charge on any atom is -0.388 e. The molecule has 3 heterocycles. The van der Waals surface area contributed by atoms with Crippen molar-refractivity contribution < 1.29 is 9.50 Å². The van der Waals surface area contributed by atoms with E-state index in [4.69, 9.17) is 0 Å². The van der Waals surface area contributed by atoms with Crippen molar-refractivity contribution in [2.75, 3.05) is 19.6 Å². The molecule has 3 heteroatoms. The molecule has 3 aliphatic rings. The first-order valence-corrected chi connectivity index (χ1v) is 8.92. The monoisotopic (exact) mass is 325 g/mol. The topological polar surface area (TPSA) is 23.5 Å². The van der Waals surface area contributed by atoms with Crippen LogP contribution in [0.1, 0.15) is 24.8 Å². The van der Waals surface area contributed by atoms with E-state index in [1.54, 1.807) is 12.1 Å². The van der Waals surface area contributed by atoms with Crippen molar-refractivity contribution in [2.24, 2.45) is 5.92 Å². The Bertz CT molecular complexity index is 689. The van der Waals surface area contributed by atoms with Crippen LogP contribution in [0.5, 0.6) is 0 Å². The molecule has 2 nitrogen and oxygen atoms in total. The van der Waals surface area contributed by atoms with Gasteiger partial charge in [-0.05, 0) is 73.5 Å². The average Bonchev–Trinajstić information content (AvgIpc) is 2.62. The van der Waals surface area contributed by atoms with Crippen LogP contribution in [0, 0.1) is 11.7 Å². The van der Waals surface area contributed by atoms with Gasteiger partial charge >= 0.3 is 0 Å². The van der Waals surface area contributed by atoms with E-state index in [0.29, 0.717) is 5.92 Å². The maximum absolute atomic E-state index is 13.0. The van der Waals surface area contributed by atoms with E-state index in [1.807, 2.05) is 0 Å². The lowest BCUT2D eigenvalue weighted by Crippen LogP contribution is -2.59. The van der Waals surface area contributed by atoms with E-state index in [0.717, 1.165) is 56.4 Å². The molecule has 0 saturated carbocycles. The molecule has 24 heavy (non-hydrogen) atoms. The third-order valence-electron chi connectivity index (χ3n) is 5.82. The zero-order valence-corrected chi connectivity index (χ0v) is 13.9. The van der Waals surface area contributed by atoms with E-state index in [9.17, 15) is 9.50 Å². The number of aliphatic hydroxyl groups is 1. The largest absolute Gasteiger partial charge is 0.388 e. The Hall–Kier alpha value is -1.71. The quantitative estimate of drug-likeness (QED) is 0.922. The number of halogens is 1. The third kappa shape index (κ3) is 3.11. The molecule has 0 aliphatic carbocycles. The highest BCUT2D eigenvalue weighted by atomic mass is 19.1. The summed E-state index contributed by atoms with van der Waals surface area (Å²) in [5.41, 5.74) is 2.87. The standard InChI is InChI=1S/C21H24FNO/c22-20-7-5-18(6-8-20)17-3-1-16(2-4-17)9-12-21(24)15-23-13-10-19(21)11-14-23/h1-8,19,24H,9-15H2. The second-order valence-corrected chi connectivity index (χ2v) is 7.36. The zero-order chi connectivity index (χ0) is 16.6. The highest BCUT2D eigenvalue weighted by Crippen LogP contribution is 2.38. The van der Waals surface area contributed by atoms with Gasteiger partial charge in [0.1, 0.15) is 5.82 Å². The van der Waals surface area contributed by atoms with Gasteiger partial charge in [-0.1, -0.05) is 36.4 Å². The molecule has 1 atom stereocenters. The van der Waals surface area contributed by atoms with Crippen LogP contribution in [0.2, 0.25) is 0 Å². The number of hydrogen-bond donors (Lipinski definition) is 1. The maximum atomic E-state index is 13.0. The number of hydrogen-bond acceptors (Lipinski definition) is 2. The Kier molecular flexibility index (Phi) is 4.15. The number of nitrogens with zero attached hydrogens (tertiary/aromatic N) is 1. The van der Waals surface area contributed by atoms with Crippen molar-refractivity contribution in [1.29, 1.82) is 0 Å². The molecular formula is C21H24FNO. The summed E-state index contributed by atoms with van der Waals surface area (Å²) in [5.74, 6) is 0.266. The molecular weight excluding hydrogens is 301 g/mol. The summed E-state index contributed by atoms with van der Waals surface area (Å²) in [7, 11) is 0. The third-order valence-corrected chi connectivity index (χ3v) is 5.82. The molecule has 1 unspecified atom stereocenters. The number of aryl methyl sites for hydroxylation is 1. The Balaban J connectivity index is 1.41. The van der Waals surface area contributed by atoms with Crippen molar-refractivity contribution in [3.8, 4) is 11.1 Å². The number of benzene rings is 2. The SMILES string of the molecule is OC1(CCc2ccc(-c3ccc(F)cc3)cc2)CN2CCC1CC2. The molecule has 2 aromatic carbocycles. The number of piperidine rings is 3. The summed E-state index contributed by atoms with van der Waals surface area (Å²) < 4.78 is 13.0. The molecule has 126 valence electrons. The lowest BCUT2D eigenvalue weighted by Gasteiger charge is -2.50. The summed E-state index contributed by atoms with van der Waals surface area (Å²) in [6, 6.07) is 15.0. The van der Waals surface area contributed by atoms with Gasteiger partial charge in [-0.15, -0.1) is 0 Å². The van der Waals surface area contributed by atoms with Crippen LogP contribution in [-0.4, -0.2) is 35.2 Å². The second-order valence-electron chi connectivity index (χ2n) is 7.36. The van der Waals surface area contributed by atoms with Gasteiger partial charge in [-0.25, -0.2) is 4.39 Å². The van der Waals surface area contributed by atoms with Gasteiger partial charge in [-0.3, -0.25) is 0 Å². The maximum Gasteiger partial charge on any atom is 0.123 e. The van der Waals surface area contributed by atoms with Gasteiger partial charge in [-0.2, -0.15) is 0 Å². The van der Waals surface area contributed by atoms with Crippen molar-refractivity contribution >= 4 is 0 Å². The molecule has 2 bridgehead atoms. The van der Waals surface area contributed by atoms with Crippen LogP contribution in [0.3, 0.4) is 0 Å². The minimum atomic E-state index is -0.508. The highest BCUT2D eigenvalue weighted by Gasteiger charge is 2.44.